The van der Waals surface area contributed by atoms with E-state index < -0.39 is 0 Å². The molecule has 1 heterocycles. The number of hydrogen-bond donors (Lipinski definition) is 2. The Morgan fingerprint density at radius 1 is 0.800 bits per heavy atom. The molecule has 1 aliphatic rings. The Morgan fingerprint density at radius 3 is 2.50 bits per heavy atom. The summed E-state index contributed by atoms with van der Waals surface area (Å²) in [6.45, 7) is 2.04. The maximum absolute atomic E-state index is 9.71. The summed E-state index contributed by atoms with van der Waals surface area (Å²) in [5.41, 5.74) is 5.46. The van der Waals surface area contributed by atoms with Gasteiger partial charge >= 0.3 is 0 Å². The number of phenols is 1. The van der Waals surface area contributed by atoms with Crippen LogP contribution in [0.2, 0.25) is 0 Å². The third-order valence-corrected chi connectivity index (χ3v) is 4.06. The van der Waals surface area contributed by atoms with Crippen LogP contribution < -0.4 is 5.32 Å². The van der Waals surface area contributed by atoms with E-state index in [0.717, 1.165) is 32.4 Å². The van der Waals surface area contributed by atoms with Crippen molar-refractivity contribution in [2.75, 3.05) is 13.1 Å². The van der Waals surface area contributed by atoms with Crippen molar-refractivity contribution in [3.05, 3.63) is 64.7 Å². The van der Waals surface area contributed by atoms with Crippen LogP contribution >= 0.6 is 0 Å². The van der Waals surface area contributed by atoms with Gasteiger partial charge in [-0.3, -0.25) is 0 Å². The summed E-state index contributed by atoms with van der Waals surface area (Å²) in [4.78, 5) is 0. The number of fused-ring (bicyclic) bond motifs is 2. The normalized spacial score (nSPS) is 15.8. The van der Waals surface area contributed by atoms with Crippen molar-refractivity contribution in [1.29, 1.82) is 0 Å². The Kier molecular flexibility index (Phi) is 4.03. The highest BCUT2D eigenvalue weighted by Gasteiger charge is 2.09. The van der Waals surface area contributed by atoms with Gasteiger partial charge in [0.1, 0.15) is 5.75 Å². The van der Waals surface area contributed by atoms with E-state index in [0.29, 0.717) is 5.75 Å². The standard InChI is InChI=1S/C18H21NO/c20-18-8-7-16-12-15-5-2-1-4-14(15)6-3-10-19-11-9-17(16)13-18/h1-2,4-5,7-8,13,19-20H,3,6,9-12H2. The van der Waals surface area contributed by atoms with Gasteiger partial charge in [0.2, 0.25) is 0 Å². The lowest BCUT2D eigenvalue weighted by Gasteiger charge is -2.12. The van der Waals surface area contributed by atoms with E-state index in [2.05, 4.69) is 35.6 Å². The zero-order valence-corrected chi connectivity index (χ0v) is 11.7. The molecule has 2 N–H and O–H groups in total. The van der Waals surface area contributed by atoms with Crippen molar-refractivity contribution in [1.82, 2.24) is 5.32 Å². The topological polar surface area (TPSA) is 32.3 Å². The number of rotatable bonds is 0. The average molecular weight is 267 g/mol. The monoisotopic (exact) mass is 267 g/mol. The third-order valence-electron chi connectivity index (χ3n) is 4.06. The van der Waals surface area contributed by atoms with E-state index >= 15 is 0 Å². The predicted octanol–water partition coefficient (Wildman–Crippen LogP) is 3.06. The summed E-state index contributed by atoms with van der Waals surface area (Å²) in [6, 6.07) is 14.5. The molecule has 0 fully saturated rings. The van der Waals surface area contributed by atoms with Crippen molar-refractivity contribution >= 4 is 0 Å². The van der Waals surface area contributed by atoms with Crippen molar-refractivity contribution in [3.8, 4) is 5.75 Å². The molecule has 0 unspecified atom stereocenters. The van der Waals surface area contributed by atoms with Crippen molar-refractivity contribution in [3.63, 3.8) is 0 Å². The number of aromatic hydroxyl groups is 1. The number of benzene rings is 2. The summed E-state index contributed by atoms with van der Waals surface area (Å²) in [5.74, 6) is 0.368. The quantitative estimate of drug-likeness (QED) is 0.769. The molecule has 0 amide bonds. The van der Waals surface area contributed by atoms with E-state index in [1.165, 1.54) is 28.7 Å². The zero-order chi connectivity index (χ0) is 13.8. The van der Waals surface area contributed by atoms with Crippen LogP contribution in [0.4, 0.5) is 0 Å². The van der Waals surface area contributed by atoms with E-state index in [1.807, 2.05) is 6.07 Å². The summed E-state index contributed by atoms with van der Waals surface area (Å²) >= 11 is 0. The second-order valence-electron chi connectivity index (χ2n) is 5.50. The highest BCUT2D eigenvalue weighted by Crippen LogP contribution is 2.23. The first-order valence-electron chi connectivity index (χ1n) is 7.41. The van der Waals surface area contributed by atoms with Gasteiger partial charge in [-0.2, -0.15) is 0 Å². The van der Waals surface area contributed by atoms with Crippen LogP contribution in [0.25, 0.3) is 0 Å². The molecule has 2 aromatic rings. The molecule has 2 aromatic carbocycles. The first-order chi connectivity index (χ1) is 9.83. The van der Waals surface area contributed by atoms with Crippen LogP contribution in [0, 0.1) is 0 Å². The Morgan fingerprint density at radius 2 is 1.60 bits per heavy atom. The Labute approximate surface area is 120 Å². The highest BCUT2D eigenvalue weighted by atomic mass is 16.3. The lowest BCUT2D eigenvalue weighted by molar-refractivity contribution is 0.474. The maximum atomic E-state index is 9.71. The van der Waals surface area contributed by atoms with Gasteiger partial charge in [0, 0.05) is 0 Å². The first-order valence-corrected chi connectivity index (χ1v) is 7.41. The van der Waals surface area contributed by atoms with Crippen LogP contribution in [-0.4, -0.2) is 18.2 Å². The minimum Gasteiger partial charge on any atom is -0.508 e. The van der Waals surface area contributed by atoms with Gasteiger partial charge in [-0.05, 0) is 73.2 Å². The Balaban J connectivity index is 1.99. The van der Waals surface area contributed by atoms with Crippen LogP contribution in [0.1, 0.15) is 28.7 Å². The fourth-order valence-electron chi connectivity index (χ4n) is 2.95. The van der Waals surface area contributed by atoms with E-state index in [-0.39, 0.29) is 0 Å². The van der Waals surface area contributed by atoms with E-state index in [4.69, 9.17) is 0 Å². The number of aryl methyl sites for hydroxylation is 1. The Hall–Kier alpha value is -1.80. The van der Waals surface area contributed by atoms with Gasteiger partial charge < -0.3 is 10.4 Å². The van der Waals surface area contributed by atoms with Gasteiger partial charge in [-0.1, -0.05) is 30.3 Å². The molecule has 20 heavy (non-hydrogen) atoms. The lowest BCUT2D eigenvalue weighted by atomic mass is 9.94. The van der Waals surface area contributed by atoms with Crippen molar-refractivity contribution < 1.29 is 5.11 Å². The predicted molar refractivity (Wildman–Crippen MR) is 82.2 cm³/mol. The van der Waals surface area contributed by atoms with Crippen LogP contribution in [-0.2, 0) is 19.3 Å². The zero-order valence-electron chi connectivity index (χ0n) is 11.7. The number of phenolic OH excluding ortho intramolecular Hbond substituents is 1. The molecule has 0 atom stereocenters. The van der Waals surface area contributed by atoms with Crippen molar-refractivity contribution in [2.45, 2.75) is 25.7 Å². The molecule has 0 spiro atoms. The van der Waals surface area contributed by atoms with Crippen LogP contribution in [0.3, 0.4) is 0 Å². The van der Waals surface area contributed by atoms with Gasteiger partial charge in [0.15, 0.2) is 0 Å². The molecule has 0 saturated carbocycles. The molecular weight excluding hydrogens is 246 g/mol. The number of nitrogens with one attached hydrogen (secondary N) is 1. The fraction of sp³-hybridized carbons (Fsp3) is 0.333. The molecule has 0 aliphatic carbocycles. The third kappa shape index (κ3) is 3.02. The van der Waals surface area contributed by atoms with Gasteiger partial charge in [-0.25, -0.2) is 0 Å². The maximum Gasteiger partial charge on any atom is 0.115 e. The molecule has 0 aromatic heterocycles. The van der Waals surface area contributed by atoms with Crippen LogP contribution in [0.15, 0.2) is 42.5 Å². The summed E-state index contributed by atoms with van der Waals surface area (Å²) in [7, 11) is 0. The minimum atomic E-state index is 0.368. The van der Waals surface area contributed by atoms with Gasteiger partial charge in [-0.15, -0.1) is 0 Å². The SMILES string of the molecule is Oc1ccc2c(c1)CCNCCCc1ccccc1C2. The second kappa shape index (κ2) is 6.10. The summed E-state index contributed by atoms with van der Waals surface area (Å²) < 4.78 is 0. The Bertz CT molecular complexity index is 592. The molecule has 2 nitrogen and oxygen atoms in total. The fourth-order valence-corrected chi connectivity index (χ4v) is 2.95. The molecule has 104 valence electrons. The lowest BCUT2D eigenvalue weighted by Crippen LogP contribution is -2.19. The smallest absolute Gasteiger partial charge is 0.115 e. The molecule has 0 saturated heterocycles. The largest absolute Gasteiger partial charge is 0.508 e. The minimum absolute atomic E-state index is 0.368. The molecule has 2 heteroatoms. The van der Waals surface area contributed by atoms with E-state index in [9.17, 15) is 5.11 Å². The van der Waals surface area contributed by atoms with Crippen molar-refractivity contribution in [2.24, 2.45) is 0 Å². The highest BCUT2D eigenvalue weighted by molar-refractivity contribution is 5.40. The number of hydrogen-bond acceptors (Lipinski definition) is 2. The molecule has 3 rings (SSSR count). The van der Waals surface area contributed by atoms with E-state index in [1.54, 1.807) is 6.07 Å². The first kappa shape index (κ1) is 13.2. The molecule has 0 bridgehead atoms. The molecular formula is C18H21NO. The van der Waals surface area contributed by atoms with Gasteiger partial charge in [0.05, 0.1) is 0 Å². The summed E-state index contributed by atoms with van der Waals surface area (Å²) in [6.07, 6.45) is 4.26. The molecule has 0 radical (unpaired) electrons. The molecule has 1 aliphatic heterocycles. The van der Waals surface area contributed by atoms with Crippen LogP contribution in [0.5, 0.6) is 5.75 Å². The average Bonchev–Trinajstić information content (AvgIpc) is 2.49. The summed E-state index contributed by atoms with van der Waals surface area (Å²) in [5, 5.41) is 13.2. The second-order valence-corrected chi connectivity index (χ2v) is 5.50. The van der Waals surface area contributed by atoms with Gasteiger partial charge in [0.25, 0.3) is 0 Å².